The van der Waals surface area contributed by atoms with Crippen LogP contribution in [-0.2, 0) is 13.1 Å². The number of aromatic nitrogens is 1. The summed E-state index contributed by atoms with van der Waals surface area (Å²) in [6.45, 7) is 9.73. The Morgan fingerprint density at radius 2 is 1.83 bits per heavy atom. The Morgan fingerprint density at radius 1 is 1.12 bits per heavy atom. The van der Waals surface area contributed by atoms with Crippen molar-refractivity contribution in [2.45, 2.75) is 33.4 Å². The van der Waals surface area contributed by atoms with Gasteiger partial charge in [0, 0.05) is 31.7 Å². The monoisotopic (exact) mass is 351 g/mol. The summed E-state index contributed by atoms with van der Waals surface area (Å²) < 4.78 is 18.5. The molecule has 1 aromatic heterocycles. The van der Waals surface area contributed by atoms with E-state index in [1.54, 1.807) is 6.07 Å². The molecule has 1 aliphatic rings. The standard InChI is InChI=1S/C18H23ClFN3O/c1-13-16(14(2)24-21-13)12-23-7-3-6-22(8-9-23)11-15-4-5-18(20)17(19)10-15/h4-5,10H,3,6-9,11-12H2,1-2H3. The molecular formula is C18H23ClFN3O. The number of hydrogen-bond acceptors (Lipinski definition) is 4. The van der Waals surface area contributed by atoms with Gasteiger partial charge in [-0.15, -0.1) is 0 Å². The number of halogens is 2. The maximum atomic E-state index is 13.3. The van der Waals surface area contributed by atoms with Gasteiger partial charge in [0.2, 0.25) is 0 Å². The van der Waals surface area contributed by atoms with E-state index < -0.39 is 0 Å². The van der Waals surface area contributed by atoms with Crippen LogP contribution in [0.2, 0.25) is 5.02 Å². The first-order valence-corrected chi connectivity index (χ1v) is 8.71. The summed E-state index contributed by atoms with van der Waals surface area (Å²) in [6, 6.07) is 4.98. The summed E-state index contributed by atoms with van der Waals surface area (Å²) in [5.74, 6) is 0.552. The SMILES string of the molecule is Cc1noc(C)c1CN1CCCN(Cc2ccc(F)c(Cl)c2)CC1. The molecule has 0 unspecified atom stereocenters. The Labute approximate surface area is 147 Å². The van der Waals surface area contributed by atoms with Gasteiger partial charge in [-0.2, -0.15) is 0 Å². The molecule has 0 saturated carbocycles. The Bertz CT molecular complexity index is 684. The van der Waals surface area contributed by atoms with Gasteiger partial charge in [0.05, 0.1) is 10.7 Å². The van der Waals surface area contributed by atoms with E-state index in [0.717, 1.165) is 62.7 Å². The summed E-state index contributed by atoms with van der Waals surface area (Å²) in [5, 5.41) is 4.23. The van der Waals surface area contributed by atoms with Crippen molar-refractivity contribution in [1.82, 2.24) is 15.0 Å². The first kappa shape index (κ1) is 17.4. The molecule has 24 heavy (non-hydrogen) atoms. The van der Waals surface area contributed by atoms with Gasteiger partial charge in [-0.1, -0.05) is 22.8 Å². The van der Waals surface area contributed by atoms with Crippen LogP contribution in [-0.4, -0.2) is 41.1 Å². The van der Waals surface area contributed by atoms with Gasteiger partial charge in [0.1, 0.15) is 11.6 Å². The van der Waals surface area contributed by atoms with Gasteiger partial charge >= 0.3 is 0 Å². The highest BCUT2D eigenvalue weighted by Crippen LogP contribution is 2.19. The summed E-state index contributed by atoms with van der Waals surface area (Å²) in [5.41, 5.74) is 3.24. The number of nitrogens with zero attached hydrogens (tertiary/aromatic N) is 3. The maximum Gasteiger partial charge on any atom is 0.141 e. The fourth-order valence-electron chi connectivity index (χ4n) is 3.19. The van der Waals surface area contributed by atoms with Crippen LogP contribution in [0.3, 0.4) is 0 Å². The van der Waals surface area contributed by atoms with Crippen molar-refractivity contribution < 1.29 is 8.91 Å². The van der Waals surface area contributed by atoms with Gasteiger partial charge in [-0.3, -0.25) is 9.80 Å². The van der Waals surface area contributed by atoms with E-state index in [2.05, 4.69) is 15.0 Å². The number of hydrogen-bond donors (Lipinski definition) is 0. The highest BCUT2D eigenvalue weighted by Gasteiger charge is 2.18. The quantitative estimate of drug-likeness (QED) is 0.839. The van der Waals surface area contributed by atoms with Crippen LogP contribution >= 0.6 is 11.6 Å². The average molecular weight is 352 g/mol. The topological polar surface area (TPSA) is 32.5 Å². The molecule has 1 fully saturated rings. The van der Waals surface area contributed by atoms with Crippen molar-refractivity contribution in [1.29, 1.82) is 0 Å². The third-order valence-corrected chi connectivity index (χ3v) is 4.92. The normalized spacial score (nSPS) is 17.2. The molecule has 1 aliphatic heterocycles. The number of benzene rings is 1. The van der Waals surface area contributed by atoms with Crippen LogP contribution < -0.4 is 0 Å². The van der Waals surface area contributed by atoms with Crippen LogP contribution in [0.5, 0.6) is 0 Å². The van der Waals surface area contributed by atoms with Crippen LogP contribution in [0.1, 0.15) is 29.0 Å². The second-order valence-electron chi connectivity index (χ2n) is 6.46. The van der Waals surface area contributed by atoms with Crippen molar-refractivity contribution >= 4 is 11.6 Å². The lowest BCUT2D eigenvalue weighted by molar-refractivity contribution is 0.246. The molecule has 0 bridgehead atoms. The van der Waals surface area contributed by atoms with Crippen molar-refractivity contribution in [3.8, 4) is 0 Å². The molecular weight excluding hydrogens is 329 g/mol. The predicted octanol–water partition coefficient (Wildman–Crippen LogP) is 3.79. The van der Waals surface area contributed by atoms with Crippen LogP contribution in [0.15, 0.2) is 22.7 Å². The van der Waals surface area contributed by atoms with Crippen molar-refractivity contribution in [2.24, 2.45) is 0 Å². The van der Waals surface area contributed by atoms with Gasteiger partial charge < -0.3 is 4.52 Å². The second-order valence-corrected chi connectivity index (χ2v) is 6.86. The van der Waals surface area contributed by atoms with Gasteiger partial charge in [0.25, 0.3) is 0 Å². The molecule has 1 saturated heterocycles. The Kier molecular flexibility index (Phi) is 5.54. The lowest BCUT2D eigenvalue weighted by Crippen LogP contribution is -2.30. The fraction of sp³-hybridized carbons (Fsp3) is 0.500. The zero-order chi connectivity index (χ0) is 17.1. The van der Waals surface area contributed by atoms with Crippen molar-refractivity contribution in [2.75, 3.05) is 26.2 Å². The Morgan fingerprint density at radius 3 is 2.46 bits per heavy atom. The minimum atomic E-state index is -0.359. The molecule has 6 heteroatoms. The molecule has 0 N–H and O–H groups in total. The third-order valence-electron chi connectivity index (χ3n) is 4.63. The first-order valence-electron chi connectivity index (χ1n) is 8.33. The summed E-state index contributed by atoms with van der Waals surface area (Å²) in [4.78, 5) is 4.85. The van der Waals surface area contributed by atoms with E-state index in [9.17, 15) is 4.39 Å². The minimum Gasteiger partial charge on any atom is -0.361 e. The van der Waals surface area contributed by atoms with E-state index in [4.69, 9.17) is 16.1 Å². The predicted molar refractivity (Wildman–Crippen MR) is 92.6 cm³/mol. The molecule has 0 radical (unpaired) electrons. The molecule has 0 amide bonds. The van der Waals surface area contributed by atoms with E-state index in [1.807, 2.05) is 19.9 Å². The molecule has 2 heterocycles. The highest BCUT2D eigenvalue weighted by molar-refractivity contribution is 6.30. The number of aryl methyl sites for hydroxylation is 2. The van der Waals surface area contributed by atoms with Crippen LogP contribution in [0.25, 0.3) is 0 Å². The van der Waals surface area contributed by atoms with E-state index >= 15 is 0 Å². The van der Waals surface area contributed by atoms with Crippen molar-refractivity contribution in [3.63, 3.8) is 0 Å². The van der Waals surface area contributed by atoms with E-state index in [-0.39, 0.29) is 10.8 Å². The maximum absolute atomic E-state index is 13.3. The lowest BCUT2D eigenvalue weighted by Gasteiger charge is -2.22. The van der Waals surface area contributed by atoms with Gasteiger partial charge in [-0.25, -0.2) is 4.39 Å². The van der Waals surface area contributed by atoms with Gasteiger partial charge in [-0.05, 0) is 51.1 Å². The third kappa shape index (κ3) is 4.15. The smallest absolute Gasteiger partial charge is 0.141 e. The van der Waals surface area contributed by atoms with Crippen molar-refractivity contribution in [3.05, 3.63) is 51.6 Å². The lowest BCUT2D eigenvalue weighted by atomic mass is 10.2. The van der Waals surface area contributed by atoms with E-state index in [0.29, 0.717) is 0 Å². The fourth-order valence-corrected chi connectivity index (χ4v) is 3.39. The average Bonchev–Trinajstić information content (AvgIpc) is 2.75. The molecule has 130 valence electrons. The Balaban J connectivity index is 1.57. The molecule has 0 atom stereocenters. The zero-order valence-electron chi connectivity index (χ0n) is 14.2. The molecule has 4 nitrogen and oxygen atoms in total. The van der Waals surface area contributed by atoms with Crippen LogP contribution in [0, 0.1) is 19.7 Å². The minimum absolute atomic E-state index is 0.197. The van der Waals surface area contributed by atoms with Crippen LogP contribution in [0.4, 0.5) is 4.39 Å². The summed E-state index contributed by atoms with van der Waals surface area (Å²) in [7, 11) is 0. The summed E-state index contributed by atoms with van der Waals surface area (Å²) >= 11 is 5.88. The van der Waals surface area contributed by atoms with E-state index in [1.165, 1.54) is 11.6 Å². The second kappa shape index (κ2) is 7.64. The molecule has 0 spiro atoms. The largest absolute Gasteiger partial charge is 0.361 e. The molecule has 1 aromatic carbocycles. The molecule has 0 aliphatic carbocycles. The zero-order valence-corrected chi connectivity index (χ0v) is 14.9. The number of rotatable bonds is 4. The highest BCUT2D eigenvalue weighted by atomic mass is 35.5. The van der Waals surface area contributed by atoms with Gasteiger partial charge in [0.15, 0.2) is 0 Å². The first-order chi connectivity index (χ1) is 11.5. The molecule has 3 rings (SSSR count). The molecule has 2 aromatic rings. The summed E-state index contributed by atoms with van der Waals surface area (Å²) in [6.07, 6.45) is 1.11. The Hall–Kier alpha value is -1.43.